The molecule has 1 aromatic carbocycles. The minimum absolute atomic E-state index is 0.260. The Morgan fingerprint density at radius 3 is 2.76 bits per heavy atom. The van der Waals surface area contributed by atoms with Crippen molar-refractivity contribution in [2.75, 3.05) is 14.2 Å². The van der Waals surface area contributed by atoms with Gasteiger partial charge in [0.2, 0.25) is 0 Å². The molecule has 0 aromatic heterocycles. The number of ether oxygens (including phenoxy) is 2. The van der Waals surface area contributed by atoms with Crippen LogP contribution in [0.15, 0.2) is 51.3 Å². The van der Waals surface area contributed by atoms with E-state index in [0.29, 0.717) is 27.1 Å². The molecule has 0 radical (unpaired) electrons. The van der Waals surface area contributed by atoms with Crippen LogP contribution in [0.5, 0.6) is 5.75 Å². The largest absolute Gasteiger partial charge is 0.496 e. The van der Waals surface area contributed by atoms with Crippen molar-refractivity contribution >= 4 is 22.9 Å². The molecule has 0 unspecified atom stereocenters. The molecule has 2 N–H and O–H groups in total. The first-order valence-electron chi connectivity index (χ1n) is 7.41. The summed E-state index contributed by atoms with van der Waals surface area (Å²) in [6.07, 6.45) is 0. The second-order valence-corrected chi connectivity index (χ2v) is 6.31. The number of nitrogens with zero attached hydrogens (tertiary/aromatic N) is 3. The molecule has 1 aromatic rings. The van der Waals surface area contributed by atoms with E-state index in [1.165, 1.54) is 18.9 Å². The topological polar surface area (TPSA) is 101 Å². The number of esters is 1. The molecule has 3 rings (SSSR count). The predicted molar refractivity (Wildman–Crippen MR) is 94.1 cm³/mol. The summed E-state index contributed by atoms with van der Waals surface area (Å²) >= 11 is 1.18. The first kappa shape index (κ1) is 16.9. The Balaban J connectivity index is 2.26. The molecule has 0 fully saturated rings. The molecular formula is C17H16N4O3S. The van der Waals surface area contributed by atoms with Crippen LogP contribution in [0.2, 0.25) is 0 Å². The average Bonchev–Trinajstić information content (AvgIpc) is 2.95. The molecular weight excluding hydrogens is 340 g/mol. The van der Waals surface area contributed by atoms with Gasteiger partial charge in [0.05, 0.1) is 25.5 Å². The summed E-state index contributed by atoms with van der Waals surface area (Å²) < 4.78 is 10.4. The molecule has 2 aliphatic heterocycles. The third-order valence-corrected chi connectivity index (χ3v) is 4.99. The number of carbonyl (C=O) groups excluding carboxylic acids is 1. The highest BCUT2D eigenvalue weighted by Gasteiger charge is 2.43. The van der Waals surface area contributed by atoms with E-state index in [1.807, 2.05) is 18.2 Å². The SMILES string of the molecule is COC(=O)C1=C(C)N=C2SC(C#N)=C(N)N2[C@H]1c1ccccc1OC. The van der Waals surface area contributed by atoms with Gasteiger partial charge in [0, 0.05) is 5.56 Å². The molecule has 7 nitrogen and oxygen atoms in total. The third kappa shape index (κ3) is 2.62. The minimum Gasteiger partial charge on any atom is -0.496 e. The van der Waals surface area contributed by atoms with E-state index >= 15 is 0 Å². The lowest BCUT2D eigenvalue weighted by molar-refractivity contribution is -0.136. The Labute approximate surface area is 149 Å². The van der Waals surface area contributed by atoms with Crippen LogP contribution in [-0.4, -0.2) is 30.3 Å². The van der Waals surface area contributed by atoms with Gasteiger partial charge in [0.1, 0.15) is 28.6 Å². The molecule has 25 heavy (non-hydrogen) atoms. The summed E-state index contributed by atoms with van der Waals surface area (Å²) in [5, 5.41) is 9.86. The van der Waals surface area contributed by atoms with Gasteiger partial charge in [0.25, 0.3) is 0 Å². The number of methoxy groups -OCH3 is 2. The molecule has 0 aliphatic carbocycles. The van der Waals surface area contributed by atoms with Crippen molar-refractivity contribution in [3.8, 4) is 11.8 Å². The normalized spacial score (nSPS) is 19.4. The number of nitrogens with two attached hydrogens (primary N) is 1. The highest BCUT2D eigenvalue weighted by Crippen LogP contribution is 2.47. The lowest BCUT2D eigenvalue weighted by Gasteiger charge is -2.35. The first-order valence-corrected chi connectivity index (χ1v) is 8.22. The van der Waals surface area contributed by atoms with Gasteiger partial charge in [-0.3, -0.25) is 4.90 Å². The fourth-order valence-corrected chi connectivity index (χ4v) is 3.81. The standard InChI is InChI=1S/C17H16N4O3S/c1-9-13(16(22)24-3)14(10-6-4-5-7-11(10)23-2)21-15(19)12(8-18)25-17(21)20-9/h4-7,14H,19H2,1-3H3/t14-/m0/s1. The Morgan fingerprint density at radius 1 is 1.40 bits per heavy atom. The summed E-state index contributed by atoms with van der Waals surface area (Å²) in [5.41, 5.74) is 7.80. The van der Waals surface area contributed by atoms with Crippen molar-refractivity contribution in [1.29, 1.82) is 5.26 Å². The fourth-order valence-electron chi connectivity index (χ4n) is 2.90. The van der Waals surface area contributed by atoms with Gasteiger partial charge in [-0.1, -0.05) is 18.2 Å². The number of para-hydroxylation sites is 1. The first-order chi connectivity index (χ1) is 12.0. The van der Waals surface area contributed by atoms with Crippen LogP contribution in [-0.2, 0) is 9.53 Å². The van der Waals surface area contributed by atoms with Crippen LogP contribution in [0.4, 0.5) is 0 Å². The molecule has 0 amide bonds. The average molecular weight is 356 g/mol. The summed E-state index contributed by atoms with van der Waals surface area (Å²) in [4.78, 5) is 18.9. The van der Waals surface area contributed by atoms with Crippen LogP contribution in [0.3, 0.4) is 0 Å². The molecule has 2 heterocycles. The van der Waals surface area contributed by atoms with Gasteiger partial charge in [-0.2, -0.15) is 5.26 Å². The number of fused-ring (bicyclic) bond motifs is 1. The smallest absolute Gasteiger partial charge is 0.338 e. The number of carbonyl (C=O) groups is 1. The Hall–Kier alpha value is -2.92. The van der Waals surface area contributed by atoms with E-state index in [1.54, 1.807) is 25.0 Å². The highest BCUT2D eigenvalue weighted by molar-refractivity contribution is 8.17. The summed E-state index contributed by atoms with van der Waals surface area (Å²) in [5.74, 6) is 0.363. The van der Waals surface area contributed by atoms with Gasteiger partial charge in [-0.15, -0.1) is 0 Å². The Morgan fingerprint density at radius 2 is 2.12 bits per heavy atom. The zero-order valence-electron chi connectivity index (χ0n) is 13.9. The number of benzene rings is 1. The minimum atomic E-state index is -0.588. The third-order valence-electron chi connectivity index (χ3n) is 4.02. The van der Waals surface area contributed by atoms with E-state index < -0.39 is 12.0 Å². The van der Waals surface area contributed by atoms with Crippen molar-refractivity contribution in [2.45, 2.75) is 13.0 Å². The lowest BCUT2D eigenvalue weighted by Crippen LogP contribution is -2.38. The van der Waals surface area contributed by atoms with Crippen LogP contribution < -0.4 is 10.5 Å². The second kappa shape index (κ2) is 6.53. The molecule has 128 valence electrons. The molecule has 0 saturated heterocycles. The number of aliphatic imine (C=N–C) groups is 1. The van der Waals surface area contributed by atoms with Gasteiger partial charge in [-0.05, 0) is 24.8 Å². The maximum atomic E-state index is 12.5. The van der Waals surface area contributed by atoms with E-state index in [-0.39, 0.29) is 5.82 Å². The van der Waals surface area contributed by atoms with Crippen molar-refractivity contribution in [2.24, 2.45) is 10.7 Å². The number of rotatable bonds is 3. The number of nitriles is 1. The lowest BCUT2D eigenvalue weighted by atomic mass is 9.94. The van der Waals surface area contributed by atoms with Gasteiger partial charge < -0.3 is 15.2 Å². The molecule has 8 heteroatoms. The van der Waals surface area contributed by atoms with E-state index in [4.69, 9.17) is 15.2 Å². The van der Waals surface area contributed by atoms with Gasteiger partial charge >= 0.3 is 5.97 Å². The zero-order chi connectivity index (χ0) is 18.1. The highest BCUT2D eigenvalue weighted by atomic mass is 32.2. The van der Waals surface area contributed by atoms with E-state index in [9.17, 15) is 10.1 Å². The van der Waals surface area contributed by atoms with Crippen LogP contribution in [0.25, 0.3) is 0 Å². The van der Waals surface area contributed by atoms with Crippen LogP contribution in [0.1, 0.15) is 18.5 Å². The zero-order valence-corrected chi connectivity index (χ0v) is 14.8. The monoisotopic (exact) mass is 356 g/mol. The molecule has 0 bridgehead atoms. The number of thioether (sulfide) groups is 1. The van der Waals surface area contributed by atoms with Crippen LogP contribution >= 0.6 is 11.8 Å². The van der Waals surface area contributed by atoms with E-state index in [0.717, 1.165) is 5.56 Å². The van der Waals surface area contributed by atoms with Gasteiger partial charge in [-0.25, -0.2) is 9.79 Å². The molecule has 0 spiro atoms. The van der Waals surface area contributed by atoms with Crippen molar-refractivity contribution in [3.63, 3.8) is 0 Å². The maximum Gasteiger partial charge on any atom is 0.338 e. The summed E-state index contributed by atoms with van der Waals surface area (Å²) in [6, 6.07) is 8.83. The Kier molecular flexibility index (Phi) is 4.42. The molecule has 1 atom stereocenters. The molecule has 0 saturated carbocycles. The number of hydrogen-bond donors (Lipinski definition) is 1. The summed E-state index contributed by atoms with van der Waals surface area (Å²) in [7, 11) is 2.88. The fraction of sp³-hybridized carbons (Fsp3) is 0.235. The second-order valence-electron chi connectivity index (χ2n) is 5.33. The maximum absolute atomic E-state index is 12.5. The van der Waals surface area contributed by atoms with Crippen molar-refractivity contribution in [3.05, 3.63) is 51.8 Å². The quantitative estimate of drug-likeness (QED) is 0.829. The van der Waals surface area contributed by atoms with Crippen molar-refractivity contribution in [1.82, 2.24) is 4.90 Å². The van der Waals surface area contributed by atoms with E-state index in [2.05, 4.69) is 11.1 Å². The molecule has 2 aliphatic rings. The number of hydrogen-bond acceptors (Lipinski definition) is 8. The Bertz CT molecular complexity index is 882. The number of amidine groups is 1. The van der Waals surface area contributed by atoms with Crippen molar-refractivity contribution < 1.29 is 14.3 Å². The summed E-state index contributed by atoms with van der Waals surface area (Å²) in [6.45, 7) is 1.74. The van der Waals surface area contributed by atoms with Crippen LogP contribution in [0, 0.1) is 11.3 Å². The predicted octanol–water partition coefficient (Wildman–Crippen LogP) is 2.25. The van der Waals surface area contributed by atoms with Gasteiger partial charge in [0.15, 0.2) is 5.17 Å². The number of allylic oxidation sites excluding steroid dienone is 2.